The second-order valence-electron chi connectivity index (χ2n) is 13.5. The molecule has 14 heteroatoms. The molecular weight excluding hydrogens is 811 g/mol. The fourth-order valence-electron chi connectivity index (χ4n) is 7.92. The highest BCUT2D eigenvalue weighted by molar-refractivity contribution is 7.50. The molecule has 0 amide bonds. The Bertz CT molecular complexity index is 2500. The molecule has 0 saturated heterocycles. The van der Waals surface area contributed by atoms with Crippen LogP contribution in [0, 0.1) is 46.5 Å². The Kier molecular flexibility index (Phi) is 11.8. The maximum Gasteiger partial charge on any atom is 0.190 e. The van der Waals surface area contributed by atoms with Crippen molar-refractivity contribution >= 4 is 58.6 Å². The molecule has 306 valence electrons. The van der Waals surface area contributed by atoms with E-state index in [2.05, 4.69) is 78.9 Å². The SMILES string of the molecule is COc1c(F)cc([B-](c2cc(F)c(OC)c(F)c2)(c2cc(F)c(OC)c(F)c2)c2cc(F)c(OC)c(F)c2)cc1F.c1ccc(-[s+]2c3ccccc3c3ccccc32)cc1. The lowest BCUT2D eigenvalue weighted by molar-refractivity contribution is 0.360. The lowest BCUT2D eigenvalue weighted by atomic mass is 9.13. The van der Waals surface area contributed by atoms with E-state index < -0.39 is 97.5 Å². The molecule has 0 spiro atoms. The zero-order valence-electron chi connectivity index (χ0n) is 32.3. The van der Waals surface area contributed by atoms with E-state index in [-0.39, 0.29) is 10.5 Å². The monoisotopic (exact) mass is 844 g/mol. The number of fused-ring (bicyclic) bond motifs is 3. The number of hydrogen-bond donors (Lipinski definition) is 0. The molecule has 60 heavy (non-hydrogen) atoms. The van der Waals surface area contributed by atoms with Crippen molar-refractivity contribution in [2.75, 3.05) is 28.4 Å². The molecule has 0 saturated carbocycles. The second-order valence-corrected chi connectivity index (χ2v) is 15.5. The minimum Gasteiger partial charge on any atom is -0.491 e. The number of methoxy groups -OCH3 is 4. The maximum absolute atomic E-state index is 15.2. The fraction of sp³-hybridized carbons (Fsp3) is 0.0870. The van der Waals surface area contributed by atoms with Gasteiger partial charge in [-0.05, 0) is 36.4 Å². The highest BCUT2D eigenvalue weighted by Gasteiger charge is 2.37. The van der Waals surface area contributed by atoms with Gasteiger partial charge in [-0.2, -0.15) is 21.9 Å². The van der Waals surface area contributed by atoms with E-state index in [4.69, 9.17) is 18.9 Å². The number of ether oxygens (including phenoxy) is 4. The van der Waals surface area contributed by atoms with Gasteiger partial charge >= 0.3 is 0 Å². The van der Waals surface area contributed by atoms with Gasteiger partial charge in [0.25, 0.3) is 0 Å². The normalized spacial score (nSPS) is 11.3. The Morgan fingerprint density at radius 1 is 0.350 bits per heavy atom. The molecule has 8 rings (SSSR count). The van der Waals surface area contributed by atoms with Crippen LogP contribution in [0.2, 0.25) is 0 Å². The largest absolute Gasteiger partial charge is 0.491 e. The van der Waals surface area contributed by atoms with Crippen LogP contribution in [0.3, 0.4) is 0 Å². The molecular formula is C46H33BF8O4S. The summed E-state index contributed by atoms with van der Waals surface area (Å²) >= 11 is 0. The summed E-state index contributed by atoms with van der Waals surface area (Å²) in [5.74, 6) is -14.0. The third-order valence-corrected chi connectivity index (χ3v) is 12.7. The molecule has 1 aromatic heterocycles. The molecule has 0 unspecified atom stereocenters. The number of thiophene rings is 1. The van der Waals surface area contributed by atoms with E-state index >= 15 is 35.1 Å². The summed E-state index contributed by atoms with van der Waals surface area (Å²) in [6.07, 6.45) is -3.59. The van der Waals surface area contributed by atoms with E-state index in [1.54, 1.807) is 0 Å². The molecule has 0 fully saturated rings. The van der Waals surface area contributed by atoms with E-state index in [9.17, 15) is 0 Å². The van der Waals surface area contributed by atoms with E-state index in [1.807, 2.05) is 0 Å². The van der Waals surface area contributed by atoms with Gasteiger partial charge in [0, 0.05) is 21.2 Å². The highest BCUT2D eigenvalue weighted by Crippen LogP contribution is 2.48. The Morgan fingerprint density at radius 3 is 0.867 bits per heavy atom. The van der Waals surface area contributed by atoms with E-state index in [0.29, 0.717) is 48.5 Å². The van der Waals surface area contributed by atoms with Crippen molar-refractivity contribution in [1.82, 2.24) is 0 Å². The first-order chi connectivity index (χ1) is 28.9. The summed E-state index contributed by atoms with van der Waals surface area (Å²) < 4.78 is 143. The molecule has 0 aliphatic carbocycles. The molecule has 0 bridgehead atoms. The molecule has 7 aromatic carbocycles. The Labute approximate surface area is 342 Å². The Hall–Kier alpha value is -6.54. The van der Waals surface area contributed by atoms with Crippen molar-refractivity contribution in [2.45, 2.75) is 0 Å². The van der Waals surface area contributed by atoms with Crippen molar-refractivity contribution in [3.8, 4) is 27.9 Å². The first-order valence-corrected chi connectivity index (χ1v) is 19.4. The van der Waals surface area contributed by atoms with Gasteiger partial charge in [-0.1, -0.05) is 91.0 Å². The lowest BCUT2D eigenvalue weighted by Gasteiger charge is -2.44. The van der Waals surface area contributed by atoms with Gasteiger partial charge in [0.1, 0.15) is 6.15 Å². The van der Waals surface area contributed by atoms with Crippen LogP contribution in [0.25, 0.3) is 25.1 Å². The average Bonchev–Trinajstić information content (AvgIpc) is 3.56. The zero-order valence-corrected chi connectivity index (χ0v) is 33.1. The van der Waals surface area contributed by atoms with Crippen molar-refractivity contribution in [3.05, 3.63) is 174 Å². The number of benzene rings is 7. The van der Waals surface area contributed by atoms with Crippen molar-refractivity contribution in [1.29, 1.82) is 0 Å². The van der Waals surface area contributed by atoms with Crippen LogP contribution in [0.15, 0.2) is 127 Å². The van der Waals surface area contributed by atoms with Crippen LogP contribution in [0.4, 0.5) is 35.1 Å². The zero-order chi connectivity index (χ0) is 42.9. The summed E-state index contributed by atoms with van der Waals surface area (Å²) in [5, 5.41) is 2.79. The van der Waals surface area contributed by atoms with Crippen molar-refractivity contribution in [2.24, 2.45) is 0 Å². The van der Waals surface area contributed by atoms with Crippen LogP contribution < -0.4 is 40.8 Å². The Balaban J connectivity index is 0.000000235. The summed E-state index contributed by atoms with van der Waals surface area (Å²) in [4.78, 5) is 1.40. The van der Waals surface area contributed by atoms with Crippen LogP contribution >= 0.6 is 10.5 Å². The van der Waals surface area contributed by atoms with Gasteiger partial charge < -0.3 is 18.9 Å². The van der Waals surface area contributed by atoms with Crippen LogP contribution in [0.1, 0.15) is 0 Å². The van der Waals surface area contributed by atoms with Gasteiger partial charge in [-0.3, -0.25) is 0 Å². The molecule has 1 heterocycles. The summed E-state index contributed by atoms with van der Waals surface area (Å²) in [6.45, 7) is 0. The molecule has 0 aliphatic heterocycles. The predicted octanol–water partition coefficient (Wildman–Crippen LogP) is 9.94. The molecule has 8 aromatic rings. The highest BCUT2D eigenvalue weighted by atomic mass is 32.2. The summed E-state index contributed by atoms with van der Waals surface area (Å²) in [5.41, 5.74) is -2.06. The number of hydrogen-bond acceptors (Lipinski definition) is 4. The number of halogens is 8. The smallest absolute Gasteiger partial charge is 0.190 e. The van der Waals surface area contributed by atoms with E-state index in [0.717, 1.165) is 28.4 Å². The third-order valence-electron chi connectivity index (χ3n) is 10.4. The van der Waals surface area contributed by atoms with E-state index in [1.165, 1.54) is 25.1 Å². The Morgan fingerprint density at radius 2 is 0.600 bits per heavy atom. The molecule has 0 atom stereocenters. The quantitative estimate of drug-likeness (QED) is 0.0825. The average molecular weight is 845 g/mol. The third kappa shape index (κ3) is 7.14. The van der Waals surface area contributed by atoms with Crippen LogP contribution in [-0.4, -0.2) is 34.6 Å². The summed E-state index contributed by atoms with van der Waals surface area (Å²) in [6, 6.07) is 33.7. The van der Waals surface area contributed by atoms with Gasteiger partial charge in [0.05, 0.1) is 28.4 Å². The van der Waals surface area contributed by atoms with Gasteiger partial charge in [-0.15, -0.1) is 0 Å². The summed E-state index contributed by atoms with van der Waals surface area (Å²) in [7, 11) is 3.93. The predicted molar refractivity (Wildman–Crippen MR) is 221 cm³/mol. The molecule has 0 aliphatic rings. The van der Waals surface area contributed by atoms with Gasteiger partial charge in [-0.25, -0.2) is 35.1 Å². The minimum atomic E-state index is -3.59. The van der Waals surface area contributed by atoms with Gasteiger partial charge in [0.15, 0.2) is 83.8 Å². The topological polar surface area (TPSA) is 36.9 Å². The van der Waals surface area contributed by atoms with Gasteiger partial charge in [0.2, 0.25) is 0 Å². The van der Waals surface area contributed by atoms with Crippen LogP contribution in [0.5, 0.6) is 23.0 Å². The van der Waals surface area contributed by atoms with Crippen molar-refractivity contribution < 1.29 is 54.1 Å². The first-order valence-electron chi connectivity index (χ1n) is 18.2. The second kappa shape index (κ2) is 17.0. The van der Waals surface area contributed by atoms with Crippen molar-refractivity contribution in [3.63, 3.8) is 0 Å². The first kappa shape index (κ1) is 41.6. The maximum atomic E-state index is 15.2. The molecule has 0 N–H and O–H groups in total. The standard InChI is InChI=1S/C28H20BF8O4.C18H13S/c1-38-25-17(30)5-13(6-18(25)31)29(14-7-19(32)26(39-2)20(33)8-14,15-9-21(34)27(40-3)22(35)10-15)16-11-23(36)28(41-4)24(37)12-16;1-2-8-14(9-3-1)19-17-12-6-4-10-15(17)16-11-5-7-13-18(16)19/h5-12H,1-4H3;1-13H/q-1;+1. The number of rotatable bonds is 9. The fourth-order valence-corrected chi connectivity index (χ4v) is 10.3. The van der Waals surface area contributed by atoms with Crippen LogP contribution in [-0.2, 0) is 0 Å². The molecule has 4 nitrogen and oxygen atoms in total. The lowest BCUT2D eigenvalue weighted by Crippen LogP contribution is -2.75. The minimum absolute atomic E-state index is 0.0594. The molecule has 0 radical (unpaired) electrons.